The average molecular weight is 359 g/mol. The molecule has 26 heavy (non-hydrogen) atoms. The molecule has 3 heteroatoms. The molecule has 0 radical (unpaired) electrons. The lowest BCUT2D eigenvalue weighted by molar-refractivity contribution is 1.43. The minimum absolute atomic E-state index is 0.208. The highest BCUT2D eigenvalue weighted by Crippen LogP contribution is 2.20. The van der Waals surface area contributed by atoms with Crippen molar-refractivity contribution in [1.29, 1.82) is 0 Å². The average Bonchev–Trinajstić information content (AvgIpc) is 2.68. The Morgan fingerprint density at radius 3 is 1.81 bits per heavy atom. The van der Waals surface area contributed by atoms with E-state index in [1.165, 1.54) is 11.1 Å². The minimum atomic E-state index is 0.208. The van der Waals surface area contributed by atoms with Crippen molar-refractivity contribution >= 4 is 23.1 Å². The maximum atomic E-state index is 5.89. The van der Waals surface area contributed by atoms with Crippen LogP contribution in [-0.2, 0) is 0 Å². The Morgan fingerprint density at radius 2 is 1.23 bits per heavy atom. The molecule has 3 aromatic rings. The maximum Gasteiger partial charge on any atom is 0.161 e. The van der Waals surface area contributed by atoms with Crippen molar-refractivity contribution in [3.63, 3.8) is 0 Å². The van der Waals surface area contributed by atoms with Crippen LogP contribution in [0.5, 0.6) is 0 Å². The molecule has 0 aliphatic heterocycles. The van der Waals surface area contributed by atoms with E-state index in [-0.39, 0.29) is 5.16 Å². The van der Waals surface area contributed by atoms with E-state index >= 15 is 0 Å². The highest BCUT2D eigenvalue weighted by atomic mass is 35.5. The number of rotatable bonds is 4. The topological polar surface area (TPSA) is 24.7 Å². The van der Waals surface area contributed by atoms with E-state index in [4.69, 9.17) is 11.6 Å². The number of hydrogen-bond donors (Lipinski definition) is 0. The van der Waals surface area contributed by atoms with Gasteiger partial charge < -0.3 is 0 Å². The van der Waals surface area contributed by atoms with E-state index in [1.54, 1.807) is 0 Å². The first-order valence-corrected chi connectivity index (χ1v) is 8.71. The van der Waals surface area contributed by atoms with Gasteiger partial charge in [-0.15, -0.1) is 0 Å². The Morgan fingerprint density at radius 1 is 0.692 bits per heavy atom. The molecule has 2 nitrogen and oxygen atoms in total. The Labute approximate surface area is 159 Å². The van der Waals surface area contributed by atoms with Gasteiger partial charge in [0, 0.05) is 11.3 Å². The molecule has 0 saturated heterocycles. The zero-order valence-electron chi connectivity index (χ0n) is 14.6. The largest absolute Gasteiger partial charge is 0.233 e. The lowest BCUT2D eigenvalue weighted by atomic mass is 10.0. The SMILES string of the molecule is C=C(Cl)/N=C(\N=C(C)c1ccc(-c2ccccc2)cc1)c1ccccc1. The number of hydrogen-bond acceptors (Lipinski definition) is 1. The van der Waals surface area contributed by atoms with E-state index in [1.807, 2.05) is 55.5 Å². The molecule has 0 unspecified atom stereocenters. The Balaban J connectivity index is 1.91. The van der Waals surface area contributed by atoms with Gasteiger partial charge in [0.2, 0.25) is 0 Å². The fraction of sp³-hybridized carbons (Fsp3) is 0.0435. The first kappa shape index (κ1) is 17.8. The van der Waals surface area contributed by atoms with Gasteiger partial charge in [-0.25, -0.2) is 9.98 Å². The zero-order chi connectivity index (χ0) is 18.4. The summed E-state index contributed by atoms with van der Waals surface area (Å²) in [5.41, 5.74) is 5.17. The molecule has 0 amide bonds. The lowest BCUT2D eigenvalue weighted by Crippen LogP contribution is -2.03. The molecule has 3 aromatic carbocycles. The van der Waals surface area contributed by atoms with Gasteiger partial charge in [0.1, 0.15) is 5.16 Å². The standard InChI is InChI=1S/C23H19ClN2/c1-17(25-23(26-18(2)24)22-11-7-4-8-12-22)19-13-15-21(16-14-19)20-9-5-3-6-10-20/h3-16H,2H2,1H3/b25-17?,26-23-. The van der Waals surface area contributed by atoms with Crippen LogP contribution in [0.2, 0.25) is 0 Å². The second-order valence-electron chi connectivity index (χ2n) is 5.82. The Kier molecular flexibility index (Phi) is 5.77. The normalized spacial score (nSPS) is 12.1. The molecule has 0 aliphatic carbocycles. The maximum absolute atomic E-state index is 5.89. The van der Waals surface area contributed by atoms with Crippen molar-refractivity contribution in [2.75, 3.05) is 0 Å². The third-order valence-corrected chi connectivity index (χ3v) is 4.03. The van der Waals surface area contributed by atoms with Crippen LogP contribution in [0.4, 0.5) is 0 Å². The summed E-state index contributed by atoms with van der Waals surface area (Å²) in [5.74, 6) is 0.551. The zero-order valence-corrected chi connectivity index (χ0v) is 15.3. The number of amidine groups is 1. The molecule has 0 heterocycles. The summed E-state index contributed by atoms with van der Waals surface area (Å²) in [6.07, 6.45) is 0. The monoisotopic (exact) mass is 358 g/mol. The van der Waals surface area contributed by atoms with Crippen LogP contribution in [0, 0.1) is 0 Å². The second-order valence-corrected chi connectivity index (χ2v) is 6.25. The van der Waals surface area contributed by atoms with Gasteiger partial charge in [-0.3, -0.25) is 0 Å². The summed E-state index contributed by atoms with van der Waals surface area (Å²) in [6.45, 7) is 5.62. The molecule has 0 spiro atoms. The Bertz CT molecular complexity index is 941. The van der Waals surface area contributed by atoms with Gasteiger partial charge >= 0.3 is 0 Å². The van der Waals surface area contributed by atoms with Crippen LogP contribution in [0.15, 0.2) is 107 Å². The quantitative estimate of drug-likeness (QED) is 0.296. The smallest absolute Gasteiger partial charge is 0.161 e. The van der Waals surface area contributed by atoms with E-state index in [0.717, 1.165) is 16.8 Å². The number of nitrogens with zero attached hydrogens (tertiary/aromatic N) is 2. The van der Waals surface area contributed by atoms with Crippen molar-refractivity contribution in [3.05, 3.63) is 108 Å². The number of halogens is 1. The van der Waals surface area contributed by atoms with Gasteiger partial charge in [0.05, 0.1) is 0 Å². The molecule has 3 rings (SSSR count). The van der Waals surface area contributed by atoms with Gasteiger partial charge in [-0.05, 0) is 23.6 Å². The van der Waals surface area contributed by atoms with Gasteiger partial charge in [0.15, 0.2) is 5.84 Å². The minimum Gasteiger partial charge on any atom is -0.233 e. The summed E-state index contributed by atoms with van der Waals surface area (Å²) >= 11 is 5.89. The molecular weight excluding hydrogens is 340 g/mol. The molecule has 0 N–H and O–H groups in total. The molecule has 0 aromatic heterocycles. The van der Waals surface area contributed by atoms with Crippen LogP contribution in [0.1, 0.15) is 18.1 Å². The first-order valence-electron chi connectivity index (χ1n) is 8.33. The first-order chi connectivity index (χ1) is 12.6. The number of aliphatic imine (C=N–C) groups is 2. The van der Waals surface area contributed by atoms with E-state index in [0.29, 0.717) is 5.84 Å². The van der Waals surface area contributed by atoms with Gasteiger partial charge in [-0.2, -0.15) is 0 Å². The molecule has 0 saturated carbocycles. The van der Waals surface area contributed by atoms with Crippen LogP contribution in [-0.4, -0.2) is 11.5 Å². The van der Waals surface area contributed by atoms with Crippen molar-refractivity contribution in [1.82, 2.24) is 0 Å². The summed E-state index contributed by atoms with van der Waals surface area (Å²) in [5, 5.41) is 0.208. The summed E-state index contributed by atoms with van der Waals surface area (Å²) in [6, 6.07) is 28.4. The van der Waals surface area contributed by atoms with Crippen molar-refractivity contribution < 1.29 is 0 Å². The Hall–Kier alpha value is -2.97. The van der Waals surface area contributed by atoms with Crippen LogP contribution < -0.4 is 0 Å². The predicted octanol–water partition coefficient (Wildman–Crippen LogP) is 6.32. The van der Waals surface area contributed by atoms with E-state index in [2.05, 4.69) is 53.0 Å². The highest BCUT2D eigenvalue weighted by Gasteiger charge is 2.05. The second kappa shape index (κ2) is 8.41. The van der Waals surface area contributed by atoms with Crippen LogP contribution >= 0.6 is 11.6 Å². The van der Waals surface area contributed by atoms with Crippen molar-refractivity contribution in [2.24, 2.45) is 9.98 Å². The molecule has 0 atom stereocenters. The summed E-state index contributed by atoms with van der Waals surface area (Å²) in [4.78, 5) is 8.96. The van der Waals surface area contributed by atoms with Crippen LogP contribution in [0.25, 0.3) is 11.1 Å². The third kappa shape index (κ3) is 4.56. The van der Waals surface area contributed by atoms with Gasteiger partial charge in [-0.1, -0.05) is 103 Å². The lowest BCUT2D eigenvalue weighted by Gasteiger charge is -2.06. The fourth-order valence-corrected chi connectivity index (χ4v) is 2.69. The molecular formula is C23H19ClN2. The van der Waals surface area contributed by atoms with Crippen LogP contribution in [0.3, 0.4) is 0 Å². The third-order valence-electron chi connectivity index (χ3n) is 3.94. The van der Waals surface area contributed by atoms with Gasteiger partial charge in [0.25, 0.3) is 0 Å². The summed E-state index contributed by atoms with van der Waals surface area (Å²) < 4.78 is 0. The molecule has 0 aliphatic rings. The van der Waals surface area contributed by atoms with Crippen molar-refractivity contribution in [2.45, 2.75) is 6.92 Å². The van der Waals surface area contributed by atoms with Crippen molar-refractivity contribution in [3.8, 4) is 11.1 Å². The predicted molar refractivity (Wildman–Crippen MR) is 112 cm³/mol. The number of benzene rings is 3. The molecule has 128 valence electrons. The fourth-order valence-electron chi connectivity index (χ4n) is 2.61. The molecule has 0 fully saturated rings. The summed E-state index contributed by atoms with van der Waals surface area (Å²) in [7, 11) is 0. The molecule has 0 bridgehead atoms. The van der Waals surface area contributed by atoms with E-state index < -0.39 is 0 Å². The van der Waals surface area contributed by atoms with E-state index in [9.17, 15) is 0 Å². The highest BCUT2D eigenvalue weighted by molar-refractivity contribution is 6.30.